The standard InChI is InChI=1S/C14H13I/c1-14(15,12-8-4-2-5-9-12)13-10-6-3-7-11-13/h2-11H,1H3. The molecule has 0 unspecified atom stereocenters. The van der Waals surface area contributed by atoms with Gasteiger partial charge in [-0.1, -0.05) is 83.3 Å². The number of alkyl halides is 1. The summed E-state index contributed by atoms with van der Waals surface area (Å²) in [6.07, 6.45) is 0. The fraction of sp³-hybridized carbons (Fsp3) is 0.143. The minimum absolute atomic E-state index is 0.0558. The predicted octanol–water partition coefficient (Wildman–Crippen LogP) is 4.39. The Morgan fingerprint density at radius 3 is 1.40 bits per heavy atom. The van der Waals surface area contributed by atoms with E-state index in [-0.39, 0.29) is 3.42 Å². The van der Waals surface area contributed by atoms with E-state index < -0.39 is 0 Å². The zero-order valence-corrected chi connectivity index (χ0v) is 10.8. The van der Waals surface area contributed by atoms with E-state index in [9.17, 15) is 0 Å². The lowest BCUT2D eigenvalue weighted by molar-refractivity contribution is 0.883. The van der Waals surface area contributed by atoms with Crippen molar-refractivity contribution in [1.82, 2.24) is 0 Å². The van der Waals surface area contributed by atoms with Crippen LogP contribution in [0, 0.1) is 0 Å². The Morgan fingerprint density at radius 1 is 0.733 bits per heavy atom. The normalized spacial score (nSPS) is 11.3. The van der Waals surface area contributed by atoms with E-state index in [0.717, 1.165) is 0 Å². The average Bonchev–Trinajstić information content (AvgIpc) is 2.31. The van der Waals surface area contributed by atoms with Crippen LogP contribution in [0.2, 0.25) is 0 Å². The molecule has 0 saturated heterocycles. The number of halogens is 1. The van der Waals surface area contributed by atoms with Crippen LogP contribution in [0.25, 0.3) is 0 Å². The van der Waals surface area contributed by atoms with Crippen molar-refractivity contribution in [3.05, 3.63) is 71.8 Å². The van der Waals surface area contributed by atoms with Gasteiger partial charge in [0, 0.05) is 0 Å². The van der Waals surface area contributed by atoms with Crippen molar-refractivity contribution in [3.63, 3.8) is 0 Å². The molecule has 0 fully saturated rings. The van der Waals surface area contributed by atoms with E-state index in [1.807, 2.05) is 0 Å². The maximum Gasteiger partial charge on any atom is 0.0690 e. The van der Waals surface area contributed by atoms with Crippen molar-refractivity contribution < 1.29 is 0 Å². The summed E-state index contributed by atoms with van der Waals surface area (Å²) in [4.78, 5) is 0. The highest BCUT2D eigenvalue weighted by Crippen LogP contribution is 2.38. The molecule has 0 aliphatic rings. The molecule has 2 rings (SSSR count). The van der Waals surface area contributed by atoms with Crippen LogP contribution in [0.5, 0.6) is 0 Å². The molecule has 0 aromatic heterocycles. The lowest BCUT2D eigenvalue weighted by Crippen LogP contribution is -2.14. The second-order valence-corrected chi connectivity index (χ2v) is 5.89. The molecule has 76 valence electrons. The SMILES string of the molecule is CC(I)(c1ccccc1)c1ccccc1. The summed E-state index contributed by atoms with van der Waals surface area (Å²) in [6.45, 7) is 2.25. The molecular weight excluding hydrogens is 295 g/mol. The van der Waals surface area contributed by atoms with Crippen LogP contribution in [-0.4, -0.2) is 0 Å². The predicted molar refractivity (Wildman–Crippen MR) is 73.4 cm³/mol. The second kappa shape index (κ2) is 4.35. The molecule has 0 aliphatic heterocycles. The highest BCUT2D eigenvalue weighted by Gasteiger charge is 2.24. The van der Waals surface area contributed by atoms with Gasteiger partial charge in [0.05, 0.1) is 3.42 Å². The minimum atomic E-state index is 0.0558. The zero-order chi connectivity index (χ0) is 10.7. The van der Waals surface area contributed by atoms with Gasteiger partial charge in [0.25, 0.3) is 0 Å². The highest BCUT2D eigenvalue weighted by molar-refractivity contribution is 14.1. The lowest BCUT2D eigenvalue weighted by atomic mass is 9.93. The van der Waals surface area contributed by atoms with Gasteiger partial charge < -0.3 is 0 Å². The van der Waals surface area contributed by atoms with Crippen molar-refractivity contribution in [2.75, 3.05) is 0 Å². The fourth-order valence-electron chi connectivity index (χ4n) is 1.67. The molecule has 0 N–H and O–H groups in total. The first-order valence-electron chi connectivity index (χ1n) is 5.01. The van der Waals surface area contributed by atoms with Crippen molar-refractivity contribution in [2.45, 2.75) is 10.3 Å². The largest absolute Gasteiger partial charge is 0.0690 e. The van der Waals surface area contributed by atoms with Gasteiger partial charge in [-0.15, -0.1) is 0 Å². The van der Waals surface area contributed by atoms with Gasteiger partial charge in [-0.2, -0.15) is 0 Å². The third kappa shape index (κ3) is 2.23. The van der Waals surface area contributed by atoms with Crippen LogP contribution < -0.4 is 0 Å². The van der Waals surface area contributed by atoms with Crippen molar-refractivity contribution in [2.24, 2.45) is 0 Å². The van der Waals surface area contributed by atoms with Crippen LogP contribution in [0.4, 0.5) is 0 Å². The summed E-state index contributed by atoms with van der Waals surface area (Å²) in [6, 6.07) is 21.2. The molecule has 0 spiro atoms. The molecule has 0 saturated carbocycles. The molecule has 0 amide bonds. The summed E-state index contributed by atoms with van der Waals surface area (Å²) in [5.74, 6) is 0. The first kappa shape index (κ1) is 10.7. The van der Waals surface area contributed by atoms with Gasteiger partial charge >= 0.3 is 0 Å². The average molecular weight is 308 g/mol. The summed E-state index contributed by atoms with van der Waals surface area (Å²) >= 11 is 2.51. The molecule has 0 aliphatic carbocycles. The minimum Gasteiger partial charge on any atom is -0.0687 e. The zero-order valence-electron chi connectivity index (χ0n) is 8.65. The Labute approximate surface area is 104 Å². The van der Waals surface area contributed by atoms with Crippen LogP contribution in [0.1, 0.15) is 18.1 Å². The first-order valence-corrected chi connectivity index (χ1v) is 6.09. The van der Waals surface area contributed by atoms with Crippen molar-refractivity contribution in [3.8, 4) is 0 Å². The molecule has 0 bridgehead atoms. The Kier molecular flexibility index (Phi) is 3.10. The molecule has 0 radical (unpaired) electrons. The van der Waals surface area contributed by atoms with E-state index >= 15 is 0 Å². The molecular formula is C14H13I. The Hall–Kier alpha value is -0.830. The molecule has 15 heavy (non-hydrogen) atoms. The van der Waals surface area contributed by atoms with Gasteiger partial charge in [-0.3, -0.25) is 0 Å². The van der Waals surface area contributed by atoms with Gasteiger partial charge in [0.2, 0.25) is 0 Å². The molecule has 0 heterocycles. The third-order valence-corrected chi connectivity index (χ3v) is 3.88. The first-order chi connectivity index (χ1) is 7.21. The molecule has 2 aromatic rings. The second-order valence-electron chi connectivity index (χ2n) is 3.74. The number of hydrogen-bond acceptors (Lipinski definition) is 0. The molecule has 1 heteroatoms. The van der Waals surface area contributed by atoms with Gasteiger partial charge in [-0.25, -0.2) is 0 Å². The number of rotatable bonds is 2. The Bertz CT molecular complexity index is 376. The van der Waals surface area contributed by atoms with Crippen LogP contribution in [0.3, 0.4) is 0 Å². The quantitative estimate of drug-likeness (QED) is 0.570. The van der Waals surface area contributed by atoms with E-state index in [0.29, 0.717) is 0 Å². The summed E-state index contributed by atoms with van der Waals surface area (Å²) in [5, 5.41) is 0. The highest BCUT2D eigenvalue weighted by atomic mass is 127. The van der Waals surface area contributed by atoms with Crippen molar-refractivity contribution in [1.29, 1.82) is 0 Å². The van der Waals surface area contributed by atoms with E-state index in [1.165, 1.54) is 11.1 Å². The molecule has 0 nitrogen and oxygen atoms in total. The van der Waals surface area contributed by atoms with Crippen molar-refractivity contribution >= 4 is 22.6 Å². The van der Waals surface area contributed by atoms with Crippen LogP contribution in [0.15, 0.2) is 60.7 Å². The topological polar surface area (TPSA) is 0 Å². The van der Waals surface area contributed by atoms with Gasteiger partial charge in [-0.05, 0) is 18.1 Å². The third-order valence-electron chi connectivity index (χ3n) is 2.63. The molecule has 2 aromatic carbocycles. The Morgan fingerprint density at radius 2 is 1.07 bits per heavy atom. The monoisotopic (exact) mass is 308 g/mol. The maximum atomic E-state index is 2.51. The summed E-state index contributed by atoms with van der Waals surface area (Å²) < 4.78 is 0.0558. The van der Waals surface area contributed by atoms with E-state index in [4.69, 9.17) is 0 Å². The van der Waals surface area contributed by atoms with Crippen LogP contribution >= 0.6 is 22.6 Å². The lowest BCUT2D eigenvalue weighted by Gasteiger charge is -2.23. The smallest absolute Gasteiger partial charge is 0.0687 e. The van der Waals surface area contributed by atoms with Gasteiger partial charge in [0.15, 0.2) is 0 Å². The van der Waals surface area contributed by atoms with E-state index in [1.54, 1.807) is 0 Å². The number of hydrogen-bond donors (Lipinski definition) is 0. The Balaban J connectivity index is 2.44. The fourth-order valence-corrected chi connectivity index (χ4v) is 2.39. The summed E-state index contributed by atoms with van der Waals surface area (Å²) in [7, 11) is 0. The number of benzene rings is 2. The summed E-state index contributed by atoms with van der Waals surface area (Å²) in [5.41, 5.74) is 2.69. The molecule has 0 atom stereocenters. The van der Waals surface area contributed by atoms with Gasteiger partial charge in [0.1, 0.15) is 0 Å². The van der Waals surface area contributed by atoms with Crippen LogP contribution in [-0.2, 0) is 3.42 Å². The van der Waals surface area contributed by atoms with E-state index in [2.05, 4.69) is 90.2 Å². The maximum absolute atomic E-state index is 2.51.